The lowest BCUT2D eigenvalue weighted by Gasteiger charge is -2.20. The van der Waals surface area contributed by atoms with E-state index in [1.165, 1.54) is 0 Å². The summed E-state index contributed by atoms with van der Waals surface area (Å²) in [5.74, 6) is 1.11. The smallest absolute Gasteiger partial charge is 0.315 e. The molecular formula is C21H25N3O4. The largest absolute Gasteiger partial charge is 0.493 e. The van der Waals surface area contributed by atoms with Crippen LogP contribution in [0.4, 0.5) is 10.5 Å². The number of urea groups is 1. The summed E-state index contributed by atoms with van der Waals surface area (Å²) >= 11 is 0. The number of hydrogen-bond donors (Lipinski definition) is 2. The van der Waals surface area contributed by atoms with Crippen LogP contribution in [-0.4, -0.2) is 38.7 Å². The highest BCUT2D eigenvalue weighted by Crippen LogP contribution is 2.33. The molecule has 1 aliphatic rings. The number of benzene rings is 2. The number of carbonyl (C=O) groups is 2. The van der Waals surface area contributed by atoms with E-state index >= 15 is 0 Å². The quantitative estimate of drug-likeness (QED) is 0.804. The molecule has 0 aliphatic carbocycles. The minimum atomic E-state index is -0.289. The molecule has 148 valence electrons. The number of nitrogens with one attached hydrogen (secondary N) is 2. The lowest BCUT2D eigenvalue weighted by Crippen LogP contribution is -2.44. The summed E-state index contributed by atoms with van der Waals surface area (Å²) in [6, 6.07) is 14.4. The summed E-state index contributed by atoms with van der Waals surface area (Å²) in [4.78, 5) is 26.4. The molecule has 2 atom stereocenters. The molecule has 0 unspecified atom stereocenters. The zero-order valence-electron chi connectivity index (χ0n) is 16.3. The number of amides is 3. The van der Waals surface area contributed by atoms with Crippen molar-refractivity contribution in [3.63, 3.8) is 0 Å². The second-order valence-electron chi connectivity index (χ2n) is 6.69. The third-order valence-electron chi connectivity index (χ3n) is 4.79. The molecule has 0 radical (unpaired) electrons. The molecule has 7 heteroatoms. The number of ether oxygens (including phenoxy) is 2. The van der Waals surface area contributed by atoms with E-state index in [2.05, 4.69) is 10.6 Å². The first-order valence-corrected chi connectivity index (χ1v) is 9.16. The molecule has 0 bridgehead atoms. The van der Waals surface area contributed by atoms with Crippen LogP contribution in [0.15, 0.2) is 48.5 Å². The van der Waals surface area contributed by atoms with Crippen molar-refractivity contribution in [1.29, 1.82) is 0 Å². The maximum atomic E-state index is 12.4. The minimum absolute atomic E-state index is 0.0476. The number of hydrogen-bond acceptors (Lipinski definition) is 4. The van der Waals surface area contributed by atoms with Crippen LogP contribution in [0.3, 0.4) is 0 Å². The number of carbonyl (C=O) groups excluding carboxylic acids is 2. The molecule has 0 aromatic heterocycles. The highest BCUT2D eigenvalue weighted by Gasteiger charge is 2.32. The number of methoxy groups -OCH3 is 2. The van der Waals surface area contributed by atoms with Crippen molar-refractivity contribution in [1.82, 2.24) is 10.6 Å². The fraction of sp³-hybridized carbons (Fsp3) is 0.333. The molecular weight excluding hydrogens is 358 g/mol. The van der Waals surface area contributed by atoms with E-state index in [1.54, 1.807) is 37.3 Å². The maximum absolute atomic E-state index is 12.4. The number of rotatable bonds is 6. The first-order chi connectivity index (χ1) is 13.5. The lowest BCUT2D eigenvalue weighted by molar-refractivity contribution is -0.117. The van der Waals surface area contributed by atoms with Crippen LogP contribution in [0, 0.1) is 0 Å². The van der Waals surface area contributed by atoms with Gasteiger partial charge in [-0.1, -0.05) is 30.3 Å². The van der Waals surface area contributed by atoms with Gasteiger partial charge in [-0.05, 0) is 24.6 Å². The molecule has 1 heterocycles. The normalized spacial score (nSPS) is 17.2. The Labute approximate surface area is 164 Å². The van der Waals surface area contributed by atoms with Crippen LogP contribution in [0.5, 0.6) is 11.5 Å². The van der Waals surface area contributed by atoms with Gasteiger partial charge in [0.05, 0.1) is 26.3 Å². The van der Waals surface area contributed by atoms with Crippen molar-refractivity contribution in [2.45, 2.75) is 25.4 Å². The standard InChI is InChI=1S/C21H25N3O4/c1-14(15-7-5-4-6-8-15)22-21(26)23-16-11-20(25)24(13-16)17-9-10-18(27-2)19(12-17)28-3/h4-10,12,14,16H,11,13H2,1-3H3,(H2,22,23,26)/t14-,16+/m1/s1. The second kappa shape index (κ2) is 8.65. The molecule has 0 spiro atoms. The van der Waals surface area contributed by atoms with Gasteiger partial charge in [-0.2, -0.15) is 0 Å². The Hall–Kier alpha value is -3.22. The molecule has 7 nitrogen and oxygen atoms in total. The zero-order chi connectivity index (χ0) is 20.1. The van der Waals surface area contributed by atoms with Gasteiger partial charge in [-0.3, -0.25) is 4.79 Å². The molecule has 3 amide bonds. The number of anilines is 1. The first kappa shape index (κ1) is 19.5. The van der Waals surface area contributed by atoms with Crippen LogP contribution in [-0.2, 0) is 4.79 Å². The molecule has 2 aromatic rings. The van der Waals surface area contributed by atoms with Crippen LogP contribution in [0.25, 0.3) is 0 Å². The van der Waals surface area contributed by atoms with Gasteiger partial charge in [0, 0.05) is 24.7 Å². The average Bonchev–Trinajstić information content (AvgIpc) is 3.07. The second-order valence-corrected chi connectivity index (χ2v) is 6.69. The Morgan fingerprint density at radius 1 is 1.11 bits per heavy atom. The SMILES string of the molecule is COc1ccc(N2C[C@@H](NC(=O)N[C@H](C)c3ccccc3)CC2=O)cc1OC. The van der Waals surface area contributed by atoms with E-state index < -0.39 is 0 Å². The summed E-state index contributed by atoms with van der Waals surface area (Å²) in [7, 11) is 3.11. The molecule has 2 N–H and O–H groups in total. The summed E-state index contributed by atoms with van der Waals surface area (Å²) in [6.45, 7) is 2.33. The first-order valence-electron chi connectivity index (χ1n) is 9.16. The van der Waals surface area contributed by atoms with Gasteiger partial charge in [-0.15, -0.1) is 0 Å². The lowest BCUT2D eigenvalue weighted by atomic mass is 10.1. The van der Waals surface area contributed by atoms with Crippen molar-refractivity contribution < 1.29 is 19.1 Å². The van der Waals surface area contributed by atoms with E-state index in [0.717, 1.165) is 5.56 Å². The predicted molar refractivity (Wildman–Crippen MR) is 107 cm³/mol. The van der Waals surface area contributed by atoms with Gasteiger partial charge in [0.1, 0.15) is 0 Å². The summed E-state index contributed by atoms with van der Waals surface area (Å²) < 4.78 is 10.5. The monoisotopic (exact) mass is 383 g/mol. The minimum Gasteiger partial charge on any atom is -0.493 e. The van der Waals surface area contributed by atoms with Crippen LogP contribution < -0.4 is 25.0 Å². The highest BCUT2D eigenvalue weighted by molar-refractivity contribution is 5.97. The van der Waals surface area contributed by atoms with E-state index in [0.29, 0.717) is 23.7 Å². The molecule has 1 aliphatic heterocycles. The maximum Gasteiger partial charge on any atom is 0.315 e. The Morgan fingerprint density at radius 2 is 1.82 bits per heavy atom. The van der Waals surface area contributed by atoms with Gasteiger partial charge in [0.2, 0.25) is 5.91 Å². The number of nitrogens with zero attached hydrogens (tertiary/aromatic N) is 1. The van der Waals surface area contributed by atoms with E-state index in [1.807, 2.05) is 37.3 Å². The van der Waals surface area contributed by atoms with Crippen LogP contribution in [0.1, 0.15) is 24.9 Å². The summed E-state index contributed by atoms with van der Waals surface area (Å²) in [5.41, 5.74) is 1.73. The van der Waals surface area contributed by atoms with E-state index in [-0.39, 0.29) is 30.4 Å². The Balaban J connectivity index is 1.60. The van der Waals surface area contributed by atoms with Gasteiger partial charge in [-0.25, -0.2) is 4.79 Å². The van der Waals surface area contributed by atoms with Crippen LogP contribution >= 0.6 is 0 Å². The average molecular weight is 383 g/mol. The predicted octanol–water partition coefficient (Wildman–Crippen LogP) is 2.87. The molecule has 0 saturated carbocycles. The van der Waals surface area contributed by atoms with Crippen LogP contribution in [0.2, 0.25) is 0 Å². The van der Waals surface area contributed by atoms with E-state index in [4.69, 9.17) is 9.47 Å². The zero-order valence-corrected chi connectivity index (χ0v) is 16.3. The van der Waals surface area contributed by atoms with Gasteiger partial charge in [0.15, 0.2) is 11.5 Å². The topological polar surface area (TPSA) is 79.9 Å². The third-order valence-corrected chi connectivity index (χ3v) is 4.79. The Bertz CT molecular complexity index is 841. The van der Waals surface area contributed by atoms with E-state index in [9.17, 15) is 9.59 Å². The van der Waals surface area contributed by atoms with Crippen molar-refractivity contribution in [2.24, 2.45) is 0 Å². The van der Waals surface area contributed by atoms with Crippen molar-refractivity contribution in [2.75, 3.05) is 25.7 Å². The Morgan fingerprint density at radius 3 is 2.50 bits per heavy atom. The van der Waals surface area contributed by atoms with Gasteiger partial charge in [0.25, 0.3) is 0 Å². The fourth-order valence-electron chi connectivity index (χ4n) is 3.30. The molecule has 3 rings (SSSR count). The van der Waals surface area contributed by atoms with Gasteiger partial charge < -0.3 is 25.0 Å². The molecule has 1 saturated heterocycles. The molecule has 28 heavy (non-hydrogen) atoms. The van der Waals surface area contributed by atoms with Crippen molar-refractivity contribution in [3.05, 3.63) is 54.1 Å². The fourth-order valence-corrected chi connectivity index (χ4v) is 3.30. The molecule has 1 fully saturated rings. The summed E-state index contributed by atoms with van der Waals surface area (Å²) in [6.07, 6.45) is 0.251. The third kappa shape index (κ3) is 4.36. The van der Waals surface area contributed by atoms with Crippen molar-refractivity contribution >= 4 is 17.6 Å². The highest BCUT2D eigenvalue weighted by atomic mass is 16.5. The van der Waals surface area contributed by atoms with Gasteiger partial charge >= 0.3 is 6.03 Å². The molecule has 2 aromatic carbocycles. The van der Waals surface area contributed by atoms with Crippen molar-refractivity contribution in [3.8, 4) is 11.5 Å². The summed E-state index contributed by atoms with van der Waals surface area (Å²) in [5, 5.41) is 5.80. The Kier molecular flexibility index (Phi) is 6.03.